The van der Waals surface area contributed by atoms with E-state index >= 15 is 0 Å². The van der Waals surface area contributed by atoms with Crippen molar-refractivity contribution in [3.8, 4) is 0 Å². The normalized spacial score (nSPS) is 10.9. The quantitative estimate of drug-likeness (QED) is 0.513. The van der Waals surface area contributed by atoms with E-state index in [1.165, 1.54) is 6.07 Å². The lowest BCUT2D eigenvalue weighted by Gasteiger charge is -2.02. The number of hydrogen-bond acceptors (Lipinski definition) is 2. The average Bonchev–Trinajstić information content (AvgIpc) is 2.07. The highest BCUT2D eigenvalue weighted by atomic mass is 35.5. The monoisotopic (exact) mass is 230 g/mol. The molecule has 2 aromatic rings. The molecule has 1 heterocycles. The third kappa shape index (κ3) is 1.53. The molecule has 0 atom stereocenters. The molecular weight excluding hydrogens is 226 g/mol. The van der Waals surface area contributed by atoms with Crippen LogP contribution in [0.5, 0.6) is 0 Å². The van der Waals surface area contributed by atoms with Crippen molar-refractivity contribution < 1.29 is 4.39 Å². The molecule has 0 amide bonds. The molecule has 0 fully saturated rings. The van der Waals surface area contributed by atoms with Gasteiger partial charge in [0.25, 0.3) is 0 Å². The average molecular weight is 231 g/mol. The molecule has 0 spiro atoms. The van der Waals surface area contributed by atoms with Gasteiger partial charge in [0.05, 0.1) is 0 Å². The van der Waals surface area contributed by atoms with E-state index in [-0.39, 0.29) is 16.0 Å². The summed E-state index contributed by atoms with van der Waals surface area (Å²) in [6, 6.07) is 3.10. The highest BCUT2D eigenvalue weighted by Crippen LogP contribution is 2.25. The minimum Gasteiger partial charge on any atom is -0.215 e. The van der Waals surface area contributed by atoms with Gasteiger partial charge in [-0.25, -0.2) is 14.4 Å². The Morgan fingerprint density at radius 3 is 2.64 bits per heavy atom. The van der Waals surface area contributed by atoms with Gasteiger partial charge < -0.3 is 0 Å². The third-order valence-electron chi connectivity index (χ3n) is 1.82. The van der Waals surface area contributed by atoms with Crippen LogP contribution in [0.15, 0.2) is 12.1 Å². The SMILES string of the molecule is Cc1cc(F)c2nc(Cl)nc(Cl)c2c1. The molecule has 72 valence electrons. The van der Waals surface area contributed by atoms with Crippen LogP contribution in [0.2, 0.25) is 10.4 Å². The minimum absolute atomic E-state index is 0.0507. The van der Waals surface area contributed by atoms with Crippen molar-refractivity contribution in [3.05, 3.63) is 34.0 Å². The number of aryl methyl sites for hydroxylation is 1. The molecule has 2 nitrogen and oxygen atoms in total. The fourth-order valence-corrected chi connectivity index (χ4v) is 1.70. The van der Waals surface area contributed by atoms with Gasteiger partial charge in [0.1, 0.15) is 16.5 Å². The zero-order valence-corrected chi connectivity index (χ0v) is 8.69. The molecule has 0 aliphatic rings. The maximum Gasteiger partial charge on any atom is 0.224 e. The van der Waals surface area contributed by atoms with Gasteiger partial charge in [-0.05, 0) is 36.2 Å². The molecule has 0 saturated carbocycles. The van der Waals surface area contributed by atoms with E-state index in [2.05, 4.69) is 9.97 Å². The van der Waals surface area contributed by atoms with E-state index in [4.69, 9.17) is 23.2 Å². The van der Waals surface area contributed by atoms with Crippen LogP contribution >= 0.6 is 23.2 Å². The van der Waals surface area contributed by atoms with Gasteiger partial charge in [-0.2, -0.15) is 0 Å². The fraction of sp³-hybridized carbons (Fsp3) is 0.111. The van der Waals surface area contributed by atoms with Crippen molar-refractivity contribution in [2.24, 2.45) is 0 Å². The van der Waals surface area contributed by atoms with Crippen LogP contribution in [0.4, 0.5) is 4.39 Å². The largest absolute Gasteiger partial charge is 0.224 e. The highest BCUT2D eigenvalue weighted by Gasteiger charge is 2.09. The lowest BCUT2D eigenvalue weighted by molar-refractivity contribution is 0.635. The maximum absolute atomic E-state index is 13.4. The van der Waals surface area contributed by atoms with Crippen LogP contribution < -0.4 is 0 Å². The van der Waals surface area contributed by atoms with Crippen molar-refractivity contribution in [2.75, 3.05) is 0 Å². The summed E-state index contributed by atoms with van der Waals surface area (Å²) in [7, 11) is 0. The summed E-state index contributed by atoms with van der Waals surface area (Å²) in [5, 5.41) is 0.599. The number of nitrogens with zero attached hydrogens (tertiary/aromatic N) is 2. The Morgan fingerprint density at radius 1 is 1.21 bits per heavy atom. The van der Waals surface area contributed by atoms with E-state index in [1.807, 2.05) is 0 Å². The lowest BCUT2D eigenvalue weighted by atomic mass is 10.1. The molecule has 0 N–H and O–H groups in total. The summed E-state index contributed by atoms with van der Waals surface area (Å²) in [5.41, 5.74) is 0.920. The van der Waals surface area contributed by atoms with Crippen molar-refractivity contribution in [2.45, 2.75) is 6.92 Å². The van der Waals surface area contributed by atoms with E-state index in [0.29, 0.717) is 5.39 Å². The molecular formula is C9H5Cl2FN2. The number of hydrogen-bond donors (Lipinski definition) is 0. The first-order valence-electron chi connectivity index (χ1n) is 3.87. The molecule has 0 bridgehead atoms. The first-order chi connectivity index (χ1) is 6.58. The Bertz CT molecular complexity index is 466. The van der Waals surface area contributed by atoms with Gasteiger partial charge in [-0.15, -0.1) is 0 Å². The molecule has 0 aliphatic heterocycles. The minimum atomic E-state index is -0.439. The Morgan fingerprint density at radius 2 is 1.93 bits per heavy atom. The standard InChI is InChI=1S/C9H5Cl2FN2/c1-4-2-5-7(6(12)3-4)13-9(11)14-8(5)10/h2-3H,1H3. The summed E-state index contributed by atoms with van der Waals surface area (Å²) in [6.07, 6.45) is 0. The molecule has 1 aromatic heterocycles. The van der Waals surface area contributed by atoms with Crippen molar-refractivity contribution >= 4 is 34.1 Å². The molecule has 2 rings (SSSR count). The van der Waals surface area contributed by atoms with Crippen LogP contribution in [0.1, 0.15) is 5.56 Å². The molecule has 1 aromatic carbocycles. The number of halogens is 3. The molecule has 0 saturated heterocycles. The molecule has 5 heteroatoms. The van der Waals surface area contributed by atoms with Crippen LogP contribution in [0.25, 0.3) is 10.9 Å². The second-order valence-corrected chi connectivity index (χ2v) is 3.62. The maximum atomic E-state index is 13.4. The second kappa shape index (κ2) is 3.33. The van der Waals surface area contributed by atoms with Gasteiger partial charge in [-0.3, -0.25) is 0 Å². The zero-order valence-electron chi connectivity index (χ0n) is 7.18. The lowest BCUT2D eigenvalue weighted by Crippen LogP contribution is -1.91. The Labute approximate surface area is 89.7 Å². The fourth-order valence-electron chi connectivity index (χ4n) is 1.26. The Kier molecular flexibility index (Phi) is 2.29. The second-order valence-electron chi connectivity index (χ2n) is 2.93. The van der Waals surface area contributed by atoms with Crippen LogP contribution in [-0.2, 0) is 0 Å². The number of benzene rings is 1. The van der Waals surface area contributed by atoms with E-state index < -0.39 is 5.82 Å². The van der Waals surface area contributed by atoms with Gasteiger partial charge in [0, 0.05) is 5.39 Å². The van der Waals surface area contributed by atoms with Gasteiger partial charge in [-0.1, -0.05) is 11.6 Å². The van der Waals surface area contributed by atoms with Crippen molar-refractivity contribution in [1.82, 2.24) is 9.97 Å². The number of rotatable bonds is 0. The van der Waals surface area contributed by atoms with Crippen molar-refractivity contribution in [1.29, 1.82) is 0 Å². The summed E-state index contributed by atoms with van der Waals surface area (Å²) in [5.74, 6) is -0.439. The smallest absolute Gasteiger partial charge is 0.215 e. The van der Waals surface area contributed by atoms with Gasteiger partial charge in [0.15, 0.2) is 0 Å². The molecule has 0 radical (unpaired) electrons. The molecule has 0 unspecified atom stereocenters. The van der Waals surface area contributed by atoms with Gasteiger partial charge in [0.2, 0.25) is 5.28 Å². The zero-order chi connectivity index (χ0) is 10.3. The Hall–Kier alpha value is -0.930. The predicted molar refractivity (Wildman–Crippen MR) is 54.3 cm³/mol. The predicted octanol–water partition coefficient (Wildman–Crippen LogP) is 3.38. The Balaban J connectivity index is 2.94. The van der Waals surface area contributed by atoms with Crippen LogP contribution in [0.3, 0.4) is 0 Å². The summed E-state index contributed by atoms with van der Waals surface area (Å²) >= 11 is 11.4. The van der Waals surface area contributed by atoms with E-state index in [1.54, 1.807) is 13.0 Å². The number of fused-ring (bicyclic) bond motifs is 1. The molecule has 0 aliphatic carbocycles. The molecule has 14 heavy (non-hydrogen) atoms. The van der Waals surface area contributed by atoms with Crippen LogP contribution in [-0.4, -0.2) is 9.97 Å². The highest BCUT2D eigenvalue weighted by molar-refractivity contribution is 6.35. The first kappa shape index (κ1) is 9.62. The topological polar surface area (TPSA) is 25.8 Å². The van der Waals surface area contributed by atoms with Gasteiger partial charge >= 0.3 is 0 Å². The summed E-state index contributed by atoms with van der Waals surface area (Å²) in [6.45, 7) is 1.77. The van der Waals surface area contributed by atoms with Crippen LogP contribution in [0, 0.1) is 12.7 Å². The summed E-state index contributed by atoms with van der Waals surface area (Å²) < 4.78 is 13.4. The van der Waals surface area contributed by atoms with E-state index in [0.717, 1.165) is 5.56 Å². The van der Waals surface area contributed by atoms with Crippen molar-refractivity contribution in [3.63, 3.8) is 0 Å². The van der Waals surface area contributed by atoms with E-state index in [9.17, 15) is 4.39 Å². The first-order valence-corrected chi connectivity index (χ1v) is 4.62. The number of aromatic nitrogens is 2. The summed E-state index contributed by atoms with van der Waals surface area (Å²) in [4.78, 5) is 7.51. The third-order valence-corrected chi connectivity index (χ3v) is 2.28.